The van der Waals surface area contributed by atoms with E-state index in [0.717, 1.165) is 13.1 Å². The van der Waals surface area contributed by atoms with Crippen LogP contribution in [0.5, 0.6) is 0 Å². The molecule has 3 nitrogen and oxygen atoms in total. The molecule has 2 aromatic rings. The number of aryl methyl sites for hydroxylation is 1. The minimum absolute atomic E-state index is 0.508. The summed E-state index contributed by atoms with van der Waals surface area (Å²) in [6.45, 7) is 10.4. The van der Waals surface area contributed by atoms with Gasteiger partial charge >= 0.3 is 0 Å². The normalized spacial score (nSPS) is 11.2. The van der Waals surface area contributed by atoms with Gasteiger partial charge in [0.05, 0.1) is 6.20 Å². The lowest BCUT2D eigenvalue weighted by Gasteiger charge is -2.09. The number of aromatic nitrogens is 2. The first-order valence-corrected chi connectivity index (χ1v) is 6.97. The van der Waals surface area contributed by atoms with Crippen LogP contribution >= 0.6 is 0 Å². The molecule has 0 bridgehead atoms. The molecule has 0 aliphatic rings. The number of nitrogens with one attached hydrogen (secondary N) is 1. The highest BCUT2D eigenvalue weighted by atomic mass is 15.3. The SMILES string of the molecule is CCn1ncc(-c2cccc(CNC(C)C)c2)c1C. The molecule has 19 heavy (non-hydrogen) atoms. The molecule has 0 aliphatic carbocycles. The Morgan fingerprint density at radius 2 is 2.11 bits per heavy atom. The van der Waals surface area contributed by atoms with Crippen molar-refractivity contribution in [2.24, 2.45) is 0 Å². The van der Waals surface area contributed by atoms with Gasteiger partial charge in [-0.15, -0.1) is 0 Å². The summed E-state index contributed by atoms with van der Waals surface area (Å²) in [5, 5.41) is 7.87. The van der Waals surface area contributed by atoms with Gasteiger partial charge in [-0.05, 0) is 31.0 Å². The van der Waals surface area contributed by atoms with Crippen LogP contribution in [-0.2, 0) is 13.1 Å². The average molecular weight is 257 g/mol. The molecular weight excluding hydrogens is 234 g/mol. The van der Waals surface area contributed by atoms with Crippen LogP contribution in [0, 0.1) is 6.92 Å². The second kappa shape index (κ2) is 6.02. The molecule has 102 valence electrons. The lowest BCUT2D eigenvalue weighted by Crippen LogP contribution is -2.21. The molecule has 1 heterocycles. The van der Waals surface area contributed by atoms with Crippen LogP contribution in [0.25, 0.3) is 11.1 Å². The topological polar surface area (TPSA) is 29.9 Å². The summed E-state index contributed by atoms with van der Waals surface area (Å²) in [4.78, 5) is 0. The van der Waals surface area contributed by atoms with Gasteiger partial charge in [0.25, 0.3) is 0 Å². The maximum Gasteiger partial charge on any atom is 0.0571 e. The Morgan fingerprint density at radius 1 is 1.32 bits per heavy atom. The zero-order chi connectivity index (χ0) is 13.8. The van der Waals surface area contributed by atoms with Crippen molar-refractivity contribution >= 4 is 0 Å². The molecule has 0 saturated carbocycles. The molecule has 0 unspecified atom stereocenters. The number of benzene rings is 1. The van der Waals surface area contributed by atoms with E-state index >= 15 is 0 Å². The zero-order valence-corrected chi connectivity index (χ0v) is 12.3. The lowest BCUT2D eigenvalue weighted by molar-refractivity contribution is 0.589. The smallest absolute Gasteiger partial charge is 0.0571 e. The van der Waals surface area contributed by atoms with Gasteiger partial charge < -0.3 is 5.32 Å². The Morgan fingerprint density at radius 3 is 2.74 bits per heavy atom. The van der Waals surface area contributed by atoms with E-state index in [1.54, 1.807) is 0 Å². The summed E-state index contributed by atoms with van der Waals surface area (Å²) in [6, 6.07) is 9.20. The highest BCUT2D eigenvalue weighted by molar-refractivity contribution is 5.65. The van der Waals surface area contributed by atoms with Gasteiger partial charge in [-0.25, -0.2) is 0 Å². The molecule has 0 atom stereocenters. The van der Waals surface area contributed by atoms with Gasteiger partial charge in [-0.3, -0.25) is 4.68 Å². The van der Waals surface area contributed by atoms with Crippen LogP contribution in [0.4, 0.5) is 0 Å². The Hall–Kier alpha value is -1.61. The van der Waals surface area contributed by atoms with E-state index in [2.05, 4.69) is 62.4 Å². The molecule has 0 radical (unpaired) electrons. The summed E-state index contributed by atoms with van der Waals surface area (Å²) in [7, 11) is 0. The van der Waals surface area contributed by atoms with Crippen molar-refractivity contribution in [3.63, 3.8) is 0 Å². The third-order valence-electron chi connectivity index (χ3n) is 3.36. The largest absolute Gasteiger partial charge is 0.310 e. The van der Waals surface area contributed by atoms with Crippen molar-refractivity contribution in [2.45, 2.75) is 46.8 Å². The van der Waals surface area contributed by atoms with Crippen molar-refractivity contribution in [2.75, 3.05) is 0 Å². The minimum Gasteiger partial charge on any atom is -0.310 e. The number of nitrogens with zero attached hydrogens (tertiary/aromatic N) is 2. The average Bonchev–Trinajstić information content (AvgIpc) is 2.78. The van der Waals surface area contributed by atoms with E-state index in [9.17, 15) is 0 Å². The summed E-state index contributed by atoms with van der Waals surface area (Å²) in [5.41, 5.74) is 5.03. The Balaban J connectivity index is 2.24. The number of hydrogen-bond donors (Lipinski definition) is 1. The maximum atomic E-state index is 4.42. The second-order valence-electron chi connectivity index (χ2n) is 5.20. The van der Waals surface area contributed by atoms with E-state index in [1.807, 2.05) is 10.9 Å². The molecule has 2 rings (SSSR count). The minimum atomic E-state index is 0.508. The van der Waals surface area contributed by atoms with Crippen molar-refractivity contribution < 1.29 is 0 Å². The monoisotopic (exact) mass is 257 g/mol. The first kappa shape index (κ1) is 13.8. The predicted molar refractivity (Wildman–Crippen MR) is 80.0 cm³/mol. The third-order valence-corrected chi connectivity index (χ3v) is 3.36. The fourth-order valence-corrected chi connectivity index (χ4v) is 2.22. The van der Waals surface area contributed by atoms with Crippen LogP contribution in [0.3, 0.4) is 0 Å². The summed E-state index contributed by atoms with van der Waals surface area (Å²) in [5.74, 6) is 0. The predicted octanol–water partition coefficient (Wildman–Crippen LogP) is 3.38. The second-order valence-corrected chi connectivity index (χ2v) is 5.20. The molecule has 1 aromatic carbocycles. The third kappa shape index (κ3) is 3.24. The van der Waals surface area contributed by atoms with Crippen LogP contribution in [-0.4, -0.2) is 15.8 Å². The zero-order valence-electron chi connectivity index (χ0n) is 12.3. The molecule has 3 heteroatoms. The molecule has 0 amide bonds. The molecule has 1 N–H and O–H groups in total. The van der Waals surface area contributed by atoms with Crippen LogP contribution in [0.1, 0.15) is 32.0 Å². The molecule has 1 aromatic heterocycles. The van der Waals surface area contributed by atoms with Gasteiger partial charge in [-0.2, -0.15) is 5.10 Å². The highest BCUT2D eigenvalue weighted by Gasteiger charge is 2.08. The number of hydrogen-bond acceptors (Lipinski definition) is 2. The van der Waals surface area contributed by atoms with Gasteiger partial charge in [0.15, 0.2) is 0 Å². The van der Waals surface area contributed by atoms with E-state index in [0.29, 0.717) is 6.04 Å². The Labute approximate surface area is 115 Å². The summed E-state index contributed by atoms with van der Waals surface area (Å²) >= 11 is 0. The van der Waals surface area contributed by atoms with E-state index in [-0.39, 0.29) is 0 Å². The van der Waals surface area contributed by atoms with Crippen LogP contribution < -0.4 is 5.32 Å². The quantitative estimate of drug-likeness (QED) is 0.890. The van der Waals surface area contributed by atoms with E-state index in [4.69, 9.17) is 0 Å². The first-order valence-electron chi connectivity index (χ1n) is 6.97. The fourth-order valence-electron chi connectivity index (χ4n) is 2.22. The van der Waals surface area contributed by atoms with Crippen molar-refractivity contribution in [3.8, 4) is 11.1 Å². The van der Waals surface area contributed by atoms with Crippen LogP contribution in [0.2, 0.25) is 0 Å². The van der Waals surface area contributed by atoms with E-state index < -0.39 is 0 Å². The fraction of sp³-hybridized carbons (Fsp3) is 0.438. The van der Waals surface area contributed by atoms with Crippen LogP contribution in [0.15, 0.2) is 30.5 Å². The molecule has 0 saturated heterocycles. The molecule has 0 spiro atoms. The van der Waals surface area contributed by atoms with Gasteiger partial charge in [-0.1, -0.05) is 32.0 Å². The van der Waals surface area contributed by atoms with Gasteiger partial charge in [0, 0.05) is 30.4 Å². The molecule has 0 fully saturated rings. The Bertz CT molecular complexity index is 541. The van der Waals surface area contributed by atoms with Crippen molar-refractivity contribution in [1.82, 2.24) is 15.1 Å². The van der Waals surface area contributed by atoms with E-state index in [1.165, 1.54) is 22.4 Å². The number of rotatable bonds is 5. The molecule has 0 aliphatic heterocycles. The first-order chi connectivity index (χ1) is 9.11. The molecular formula is C16H23N3. The lowest BCUT2D eigenvalue weighted by atomic mass is 10.0. The summed E-state index contributed by atoms with van der Waals surface area (Å²) < 4.78 is 2.04. The standard InChI is InChI=1S/C16H23N3/c1-5-19-13(4)16(11-18-19)15-8-6-7-14(9-15)10-17-12(2)3/h6-9,11-12,17H,5,10H2,1-4H3. The van der Waals surface area contributed by atoms with Crippen molar-refractivity contribution in [1.29, 1.82) is 0 Å². The Kier molecular flexibility index (Phi) is 4.38. The highest BCUT2D eigenvalue weighted by Crippen LogP contribution is 2.23. The van der Waals surface area contributed by atoms with Gasteiger partial charge in [0.2, 0.25) is 0 Å². The maximum absolute atomic E-state index is 4.42. The summed E-state index contributed by atoms with van der Waals surface area (Å²) in [6.07, 6.45) is 1.97. The van der Waals surface area contributed by atoms with Gasteiger partial charge in [0.1, 0.15) is 0 Å². The van der Waals surface area contributed by atoms with Crippen molar-refractivity contribution in [3.05, 3.63) is 41.7 Å².